The average molecular weight is 348 g/mol. The van der Waals surface area contributed by atoms with Gasteiger partial charge in [0.15, 0.2) is 0 Å². The number of nitrogens with zero attached hydrogens (tertiary/aromatic N) is 2. The molecule has 1 aromatic heterocycles. The average Bonchev–Trinajstić information content (AvgIpc) is 2.65. The maximum atomic E-state index is 12.3. The Morgan fingerprint density at radius 2 is 1.81 bits per heavy atom. The minimum absolute atomic E-state index is 0.281. The number of carbonyl (C=O) groups is 1. The van der Waals surface area contributed by atoms with Gasteiger partial charge in [0.1, 0.15) is 5.75 Å². The van der Waals surface area contributed by atoms with Crippen LogP contribution < -0.4 is 15.4 Å². The number of benzene rings is 2. The van der Waals surface area contributed by atoms with Gasteiger partial charge >= 0.3 is 0 Å². The van der Waals surface area contributed by atoms with Gasteiger partial charge in [-0.05, 0) is 43.2 Å². The first-order valence-electron chi connectivity index (χ1n) is 8.17. The molecule has 0 aliphatic carbocycles. The van der Waals surface area contributed by atoms with Crippen molar-refractivity contribution >= 4 is 23.2 Å². The van der Waals surface area contributed by atoms with E-state index in [-0.39, 0.29) is 5.91 Å². The van der Waals surface area contributed by atoms with Gasteiger partial charge in [0.05, 0.1) is 12.7 Å². The molecule has 26 heavy (non-hydrogen) atoms. The molecule has 0 aliphatic rings. The van der Waals surface area contributed by atoms with Gasteiger partial charge in [0.2, 0.25) is 5.95 Å². The van der Waals surface area contributed by atoms with E-state index in [9.17, 15) is 4.79 Å². The van der Waals surface area contributed by atoms with E-state index < -0.39 is 0 Å². The first kappa shape index (κ1) is 17.4. The van der Waals surface area contributed by atoms with Crippen LogP contribution in [0.15, 0.2) is 54.9 Å². The lowest BCUT2D eigenvalue weighted by molar-refractivity contribution is 0.102. The third-order valence-electron chi connectivity index (χ3n) is 3.88. The number of carbonyl (C=O) groups excluding carboxylic acids is 1. The molecular formula is C20H20N4O2. The Morgan fingerprint density at radius 3 is 2.54 bits per heavy atom. The van der Waals surface area contributed by atoms with E-state index >= 15 is 0 Å². The summed E-state index contributed by atoms with van der Waals surface area (Å²) < 4.78 is 5.15. The van der Waals surface area contributed by atoms with Crippen molar-refractivity contribution in [2.45, 2.75) is 13.8 Å². The summed E-state index contributed by atoms with van der Waals surface area (Å²) in [6, 6.07) is 13.3. The van der Waals surface area contributed by atoms with Crippen LogP contribution in [-0.4, -0.2) is 23.0 Å². The third-order valence-corrected chi connectivity index (χ3v) is 3.88. The van der Waals surface area contributed by atoms with Crippen LogP contribution in [0.1, 0.15) is 21.5 Å². The number of aromatic nitrogens is 2. The van der Waals surface area contributed by atoms with Crippen molar-refractivity contribution in [1.82, 2.24) is 9.97 Å². The highest BCUT2D eigenvalue weighted by atomic mass is 16.5. The normalized spacial score (nSPS) is 10.3. The van der Waals surface area contributed by atoms with Gasteiger partial charge in [0, 0.05) is 29.8 Å². The number of hydrogen-bond donors (Lipinski definition) is 2. The minimum Gasteiger partial charge on any atom is -0.497 e. The number of amides is 1. The van der Waals surface area contributed by atoms with Gasteiger partial charge in [-0.3, -0.25) is 4.79 Å². The van der Waals surface area contributed by atoms with E-state index in [2.05, 4.69) is 20.6 Å². The van der Waals surface area contributed by atoms with Crippen molar-refractivity contribution < 1.29 is 9.53 Å². The number of hydrogen-bond acceptors (Lipinski definition) is 5. The molecule has 0 aliphatic heterocycles. The molecule has 6 nitrogen and oxygen atoms in total. The molecule has 6 heteroatoms. The number of aryl methyl sites for hydroxylation is 2. The van der Waals surface area contributed by atoms with Crippen molar-refractivity contribution in [1.29, 1.82) is 0 Å². The molecule has 0 atom stereocenters. The zero-order chi connectivity index (χ0) is 18.5. The van der Waals surface area contributed by atoms with Crippen LogP contribution in [0.5, 0.6) is 5.75 Å². The summed E-state index contributed by atoms with van der Waals surface area (Å²) in [4.78, 5) is 20.8. The Kier molecular flexibility index (Phi) is 5.12. The molecule has 0 saturated carbocycles. The first-order chi connectivity index (χ1) is 12.5. The van der Waals surface area contributed by atoms with Crippen molar-refractivity contribution in [2.75, 3.05) is 17.7 Å². The lowest BCUT2D eigenvalue weighted by Gasteiger charge is -2.10. The van der Waals surface area contributed by atoms with E-state index in [1.54, 1.807) is 19.2 Å². The number of nitrogens with one attached hydrogen (secondary N) is 2. The number of methoxy groups -OCH3 is 1. The molecule has 132 valence electrons. The maximum Gasteiger partial charge on any atom is 0.258 e. The summed E-state index contributed by atoms with van der Waals surface area (Å²) in [7, 11) is 1.58. The fraction of sp³-hybridized carbons (Fsp3) is 0.150. The number of anilines is 3. The lowest BCUT2D eigenvalue weighted by Crippen LogP contribution is -2.13. The van der Waals surface area contributed by atoms with Gasteiger partial charge in [-0.15, -0.1) is 0 Å². The van der Waals surface area contributed by atoms with Crippen LogP contribution >= 0.6 is 0 Å². The molecule has 3 rings (SSSR count). The van der Waals surface area contributed by atoms with Gasteiger partial charge in [-0.1, -0.05) is 18.2 Å². The van der Waals surface area contributed by atoms with E-state index in [1.165, 1.54) is 12.4 Å². The fourth-order valence-corrected chi connectivity index (χ4v) is 2.40. The second kappa shape index (κ2) is 7.65. The summed E-state index contributed by atoms with van der Waals surface area (Å²) in [5, 5.41) is 5.97. The third kappa shape index (κ3) is 4.16. The Morgan fingerprint density at radius 1 is 1.04 bits per heavy atom. The minimum atomic E-state index is -0.281. The molecule has 2 aromatic carbocycles. The summed E-state index contributed by atoms with van der Waals surface area (Å²) in [5.74, 6) is 0.834. The SMILES string of the molecule is COc1cccc(NC(=O)c2cnc(Nc3cc(C)ccc3C)nc2)c1. The van der Waals surface area contributed by atoms with Gasteiger partial charge in [-0.25, -0.2) is 9.97 Å². The predicted molar refractivity (Wildman–Crippen MR) is 102 cm³/mol. The molecule has 1 amide bonds. The smallest absolute Gasteiger partial charge is 0.258 e. The highest BCUT2D eigenvalue weighted by molar-refractivity contribution is 6.04. The topological polar surface area (TPSA) is 76.1 Å². The molecule has 0 spiro atoms. The highest BCUT2D eigenvalue weighted by Crippen LogP contribution is 2.20. The van der Waals surface area contributed by atoms with Crippen LogP contribution in [0, 0.1) is 13.8 Å². The van der Waals surface area contributed by atoms with Crippen molar-refractivity contribution in [3.63, 3.8) is 0 Å². The van der Waals surface area contributed by atoms with Crippen LogP contribution in [-0.2, 0) is 0 Å². The fourth-order valence-electron chi connectivity index (χ4n) is 2.40. The monoisotopic (exact) mass is 348 g/mol. The Balaban J connectivity index is 1.70. The molecule has 0 saturated heterocycles. The quantitative estimate of drug-likeness (QED) is 0.726. The molecule has 0 bridgehead atoms. The van der Waals surface area contributed by atoms with Crippen molar-refractivity contribution in [3.05, 3.63) is 71.5 Å². The van der Waals surface area contributed by atoms with Crippen LogP contribution in [0.2, 0.25) is 0 Å². The zero-order valence-electron chi connectivity index (χ0n) is 14.9. The Hall–Kier alpha value is -3.41. The van der Waals surface area contributed by atoms with Gasteiger partial charge in [0.25, 0.3) is 5.91 Å². The lowest BCUT2D eigenvalue weighted by atomic mass is 10.1. The highest BCUT2D eigenvalue weighted by Gasteiger charge is 2.09. The largest absolute Gasteiger partial charge is 0.497 e. The van der Waals surface area contributed by atoms with E-state index in [0.717, 1.165) is 16.8 Å². The van der Waals surface area contributed by atoms with Crippen LogP contribution in [0.25, 0.3) is 0 Å². The molecule has 1 heterocycles. The molecule has 2 N–H and O–H groups in total. The molecule has 0 radical (unpaired) electrons. The zero-order valence-corrected chi connectivity index (χ0v) is 14.9. The van der Waals surface area contributed by atoms with Crippen molar-refractivity contribution in [3.8, 4) is 5.75 Å². The number of rotatable bonds is 5. The summed E-state index contributed by atoms with van der Waals surface area (Å²) >= 11 is 0. The summed E-state index contributed by atoms with van der Waals surface area (Å²) in [5.41, 5.74) is 4.20. The summed E-state index contributed by atoms with van der Waals surface area (Å²) in [6.07, 6.45) is 2.99. The first-order valence-corrected chi connectivity index (χ1v) is 8.17. The predicted octanol–water partition coefficient (Wildman–Crippen LogP) is 4.10. The molecule has 3 aromatic rings. The van der Waals surface area contributed by atoms with Crippen molar-refractivity contribution in [2.24, 2.45) is 0 Å². The van der Waals surface area contributed by atoms with E-state index in [1.807, 2.05) is 44.2 Å². The second-order valence-corrected chi connectivity index (χ2v) is 5.92. The van der Waals surface area contributed by atoms with Gasteiger partial charge in [-0.2, -0.15) is 0 Å². The number of ether oxygens (including phenoxy) is 1. The molecular weight excluding hydrogens is 328 g/mol. The van der Waals surface area contributed by atoms with Gasteiger partial charge < -0.3 is 15.4 Å². The Labute approximate surface area is 152 Å². The van der Waals surface area contributed by atoms with Crippen LogP contribution in [0.3, 0.4) is 0 Å². The Bertz CT molecular complexity index is 923. The second-order valence-electron chi connectivity index (χ2n) is 5.92. The van der Waals surface area contributed by atoms with Crippen LogP contribution in [0.4, 0.5) is 17.3 Å². The molecule has 0 unspecified atom stereocenters. The van der Waals surface area contributed by atoms with E-state index in [4.69, 9.17) is 4.74 Å². The maximum absolute atomic E-state index is 12.3. The molecule has 0 fully saturated rings. The standard InChI is InChI=1S/C20H20N4O2/c1-13-7-8-14(2)18(9-13)24-20-21-11-15(12-22-20)19(25)23-16-5-4-6-17(10-16)26-3/h4-12H,1-3H3,(H,23,25)(H,21,22,24). The summed E-state index contributed by atoms with van der Waals surface area (Å²) in [6.45, 7) is 4.04. The van der Waals surface area contributed by atoms with E-state index in [0.29, 0.717) is 22.9 Å².